The smallest absolute Gasteiger partial charge is 0.187 e. The van der Waals surface area contributed by atoms with Crippen LogP contribution < -0.4 is 4.57 Å². The van der Waals surface area contributed by atoms with E-state index in [1.165, 1.54) is 19.3 Å². The van der Waals surface area contributed by atoms with Gasteiger partial charge in [-0.3, -0.25) is 0 Å². The second-order valence-corrected chi connectivity index (χ2v) is 6.02. The van der Waals surface area contributed by atoms with Gasteiger partial charge in [0.25, 0.3) is 0 Å². The molecule has 2 heterocycles. The molecule has 3 nitrogen and oxygen atoms in total. The van der Waals surface area contributed by atoms with Crippen molar-refractivity contribution >= 4 is 11.8 Å². The van der Waals surface area contributed by atoms with Crippen molar-refractivity contribution in [1.29, 1.82) is 0 Å². The molecule has 20 heavy (non-hydrogen) atoms. The molecule has 4 heteroatoms. The third-order valence-electron chi connectivity index (χ3n) is 3.03. The number of aromatic nitrogens is 3. The summed E-state index contributed by atoms with van der Waals surface area (Å²) in [5.41, 5.74) is 2.11. The molecule has 0 aliphatic carbocycles. The van der Waals surface area contributed by atoms with E-state index in [1.54, 1.807) is 11.8 Å². The van der Waals surface area contributed by atoms with Crippen LogP contribution in [0.1, 0.15) is 30.7 Å². The molecule has 0 aromatic carbocycles. The summed E-state index contributed by atoms with van der Waals surface area (Å²) in [6, 6.07) is 8.22. The molecule has 0 aliphatic heterocycles. The van der Waals surface area contributed by atoms with Crippen molar-refractivity contribution in [2.24, 2.45) is 0 Å². The van der Waals surface area contributed by atoms with Gasteiger partial charge < -0.3 is 0 Å². The first-order valence-electron chi connectivity index (χ1n) is 7.13. The number of thioether (sulfide) groups is 1. The van der Waals surface area contributed by atoms with Gasteiger partial charge in [0.1, 0.15) is 6.54 Å². The van der Waals surface area contributed by atoms with Crippen molar-refractivity contribution in [3.05, 3.63) is 48.0 Å². The van der Waals surface area contributed by atoms with Gasteiger partial charge in [0.15, 0.2) is 17.6 Å². The van der Waals surface area contributed by atoms with Crippen LogP contribution in [0, 0.1) is 13.8 Å². The normalized spacial score (nSPS) is 10.7. The Hall–Kier alpha value is -1.42. The molecular weight excluding hydrogens is 266 g/mol. The van der Waals surface area contributed by atoms with Crippen LogP contribution in [-0.4, -0.2) is 15.7 Å². The summed E-state index contributed by atoms with van der Waals surface area (Å²) in [5, 5.41) is 0.917. The molecule has 0 radical (unpaired) electrons. The lowest BCUT2D eigenvalue weighted by molar-refractivity contribution is -0.697. The summed E-state index contributed by atoms with van der Waals surface area (Å²) in [6.07, 6.45) is 7.94. The Morgan fingerprint density at radius 1 is 0.950 bits per heavy atom. The lowest BCUT2D eigenvalue weighted by Crippen LogP contribution is -2.32. The summed E-state index contributed by atoms with van der Waals surface area (Å²) < 4.78 is 2.24. The van der Waals surface area contributed by atoms with Crippen molar-refractivity contribution in [2.75, 3.05) is 5.75 Å². The van der Waals surface area contributed by atoms with Crippen LogP contribution >= 0.6 is 11.8 Å². The van der Waals surface area contributed by atoms with Crippen molar-refractivity contribution in [1.82, 2.24) is 9.97 Å². The van der Waals surface area contributed by atoms with Crippen LogP contribution in [0.2, 0.25) is 0 Å². The second-order valence-electron chi connectivity index (χ2n) is 4.96. The van der Waals surface area contributed by atoms with Gasteiger partial charge in [0.2, 0.25) is 0 Å². The lowest BCUT2D eigenvalue weighted by atomic mass is 10.2. The Bertz CT molecular complexity index is 508. The zero-order valence-electron chi connectivity index (χ0n) is 12.2. The van der Waals surface area contributed by atoms with Crippen molar-refractivity contribution < 1.29 is 4.57 Å². The van der Waals surface area contributed by atoms with E-state index < -0.39 is 0 Å². The summed E-state index contributed by atoms with van der Waals surface area (Å²) >= 11 is 1.77. The van der Waals surface area contributed by atoms with Gasteiger partial charge in [-0.1, -0.05) is 17.8 Å². The standard InChI is InChI=1S/C16H22N3S/c1-14-13-15(2)18-16(17-14)20-12-8-4-7-11-19-9-5-3-6-10-19/h3,5-6,9-10,13H,4,7-8,11-12H2,1-2H3/q+1. The summed E-state index contributed by atoms with van der Waals surface area (Å²) in [7, 11) is 0. The predicted octanol–water partition coefficient (Wildman–Crippen LogP) is 3.34. The Labute approximate surface area is 125 Å². The molecule has 0 unspecified atom stereocenters. The third-order valence-corrected chi connectivity index (χ3v) is 3.96. The molecule has 0 amide bonds. The van der Waals surface area contributed by atoms with Crippen molar-refractivity contribution in [3.8, 4) is 0 Å². The van der Waals surface area contributed by atoms with Gasteiger partial charge in [0, 0.05) is 35.7 Å². The highest BCUT2D eigenvalue weighted by molar-refractivity contribution is 7.99. The van der Waals surface area contributed by atoms with E-state index in [0.717, 1.165) is 28.8 Å². The minimum absolute atomic E-state index is 0.917. The first-order chi connectivity index (χ1) is 9.74. The molecule has 0 saturated heterocycles. The molecular formula is C16H22N3S+. The Balaban J connectivity index is 1.62. The lowest BCUT2D eigenvalue weighted by Gasteiger charge is -2.02. The molecule has 0 fully saturated rings. The number of unbranched alkanes of at least 4 members (excludes halogenated alkanes) is 2. The number of nitrogens with zero attached hydrogens (tertiary/aromatic N) is 3. The van der Waals surface area contributed by atoms with Crippen LogP contribution in [0.25, 0.3) is 0 Å². The molecule has 0 N–H and O–H groups in total. The first kappa shape index (κ1) is 15.0. The van der Waals surface area contributed by atoms with Crippen molar-refractivity contribution in [2.45, 2.75) is 44.8 Å². The van der Waals surface area contributed by atoms with Gasteiger partial charge in [0.05, 0.1) is 0 Å². The number of pyridine rings is 1. The predicted molar refractivity (Wildman–Crippen MR) is 82.7 cm³/mol. The maximum atomic E-state index is 4.45. The SMILES string of the molecule is Cc1cc(C)nc(SCCCCC[n+]2ccccc2)n1. The monoisotopic (exact) mass is 288 g/mol. The van der Waals surface area contributed by atoms with Crippen LogP contribution in [0.5, 0.6) is 0 Å². The summed E-state index contributed by atoms with van der Waals surface area (Å²) in [6.45, 7) is 5.15. The van der Waals surface area contributed by atoms with Gasteiger partial charge in [-0.05, 0) is 32.8 Å². The fourth-order valence-corrected chi connectivity index (χ4v) is 3.03. The van der Waals surface area contributed by atoms with Gasteiger partial charge in [-0.2, -0.15) is 0 Å². The fourth-order valence-electron chi connectivity index (χ4n) is 2.08. The largest absolute Gasteiger partial charge is 0.228 e. The highest BCUT2D eigenvalue weighted by atomic mass is 32.2. The quantitative estimate of drug-likeness (QED) is 0.339. The molecule has 0 bridgehead atoms. The number of rotatable bonds is 7. The zero-order valence-corrected chi connectivity index (χ0v) is 13.1. The Morgan fingerprint density at radius 3 is 2.35 bits per heavy atom. The molecule has 106 valence electrons. The van der Waals surface area contributed by atoms with E-state index in [9.17, 15) is 0 Å². The average Bonchev–Trinajstić information content (AvgIpc) is 2.43. The molecule has 0 saturated carbocycles. The second kappa shape index (κ2) is 8.00. The minimum atomic E-state index is 0.917. The molecule has 0 spiro atoms. The molecule has 0 aliphatic rings. The summed E-state index contributed by atoms with van der Waals surface area (Å²) in [5.74, 6) is 1.10. The van der Waals surface area contributed by atoms with E-state index in [0.29, 0.717) is 0 Å². The minimum Gasteiger partial charge on any atom is -0.228 e. The highest BCUT2D eigenvalue weighted by Gasteiger charge is 2.01. The molecule has 0 atom stereocenters. The van der Waals surface area contributed by atoms with E-state index in [4.69, 9.17) is 0 Å². The number of aryl methyl sites for hydroxylation is 3. The summed E-state index contributed by atoms with van der Waals surface area (Å²) in [4.78, 5) is 8.89. The van der Waals surface area contributed by atoms with E-state index in [2.05, 4.69) is 45.1 Å². The van der Waals surface area contributed by atoms with Crippen molar-refractivity contribution in [3.63, 3.8) is 0 Å². The van der Waals surface area contributed by atoms with Gasteiger partial charge >= 0.3 is 0 Å². The number of hydrogen-bond donors (Lipinski definition) is 0. The Kier molecular flexibility index (Phi) is 5.99. The first-order valence-corrected chi connectivity index (χ1v) is 8.12. The van der Waals surface area contributed by atoms with Crippen LogP contribution in [0.15, 0.2) is 41.8 Å². The Morgan fingerprint density at radius 2 is 1.65 bits per heavy atom. The average molecular weight is 288 g/mol. The van der Waals surface area contributed by atoms with Crippen LogP contribution in [0.4, 0.5) is 0 Å². The van der Waals surface area contributed by atoms with E-state index in [-0.39, 0.29) is 0 Å². The van der Waals surface area contributed by atoms with Gasteiger partial charge in [-0.15, -0.1) is 0 Å². The molecule has 2 aromatic rings. The van der Waals surface area contributed by atoms with Crippen LogP contribution in [0.3, 0.4) is 0 Å². The maximum absolute atomic E-state index is 4.45. The molecule has 2 rings (SSSR count). The van der Waals surface area contributed by atoms with Gasteiger partial charge in [-0.25, -0.2) is 14.5 Å². The zero-order chi connectivity index (χ0) is 14.2. The van der Waals surface area contributed by atoms with E-state index in [1.807, 2.05) is 19.9 Å². The topological polar surface area (TPSA) is 29.7 Å². The fraction of sp³-hybridized carbons (Fsp3) is 0.438. The van der Waals surface area contributed by atoms with Crippen LogP contribution in [-0.2, 0) is 6.54 Å². The molecule has 2 aromatic heterocycles. The third kappa shape index (κ3) is 5.29. The number of hydrogen-bond acceptors (Lipinski definition) is 3. The van der Waals surface area contributed by atoms with E-state index >= 15 is 0 Å². The maximum Gasteiger partial charge on any atom is 0.187 e. The highest BCUT2D eigenvalue weighted by Crippen LogP contribution is 2.16.